The van der Waals surface area contributed by atoms with E-state index < -0.39 is 0 Å². The molecule has 0 radical (unpaired) electrons. The summed E-state index contributed by atoms with van der Waals surface area (Å²) in [5, 5.41) is 7.50. The molecule has 0 N–H and O–H groups in total. The van der Waals surface area contributed by atoms with E-state index in [9.17, 15) is 0 Å². The highest BCUT2D eigenvalue weighted by Crippen LogP contribution is 2.10. The van der Waals surface area contributed by atoms with E-state index in [-0.39, 0.29) is 5.35 Å². The molecule has 1 aromatic heterocycles. The first-order chi connectivity index (χ1) is 7.24. The Morgan fingerprint density at radius 1 is 1.13 bits per heavy atom. The molecule has 0 aliphatic rings. The fraction of sp³-hybridized carbons (Fsp3) is 0.273. The van der Waals surface area contributed by atoms with Gasteiger partial charge in [0, 0.05) is 6.42 Å². The van der Waals surface area contributed by atoms with E-state index in [1.807, 2.05) is 0 Å². The predicted octanol–water partition coefficient (Wildman–Crippen LogP) is 2.82. The minimum Gasteiger partial charge on any atom is -0.412 e. The van der Waals surface area contributed by atoms with Gasteiger partial charge in [0.15, 0.2) is 0 Å². The van der Waals surface area contributed by atoms with E-state index in [1.165, 1.54) is 11.1 Å². The number of hydrogen-bond acceptors (Lipinski definition) is 3. The molecule has 0 saturated carbocycles. The normalized spacial score (nSPS) is 10.5. The van der Waals surface area contributed by atoms with Crippen molar-refractivity contribution in [3.8, 4) is 0 Å². The van der Waals surface area contributed by atoms with Gasteiger partial charge in [-0.15, -0.1) is 5.10 Å². The molecule has 2 aromatic rings. The lowest BCUT2D eigenvalue weighted by Gasteiger charge is -1.98. The Labute approximate surface area is 93.1 Å². The molecule has 3 nitrogen and oxygen atoms in total. The number of aromatic nitrogens is 2. The Morgan fingerprint density at radius 2 is 1.87 bits per heavy atom. The van der Waals surface area contributed by atoms with Crippen LogP contribution in [-0.4, -0.2) is 10.2 Å². The van der Waals surface area contributed by atoms with Crippen molar-refractivity contribution in [1.29, 1.82) is 0 Å². The van der Waals surface area contributed by atoms with Crippen molar-refractivity contribution in [2.75, 3.05) is 0 Å². The zero-order chi connectivity index (χ0) is 10.7. The second-order valence-corrected chi connectivity index (χ2v) is 3.76. The first-order valence-electron chi connectivity index (χ1n) is 4.77. The molecule has 0 bridgehead atoms. The maximum atomic E-state index is 5.52. The standard InChI is InChI=1S/C11H11ClN2O/c1-8-2-4-9(5-3-8)6-7-10-13-14-11(12)15-10/h2-5H,6-7H2,1H3. The summed E-state index contributed by atoms with van der Waals surface area (Å²) >= 11 is 5.52. The summed E-state index contributed by atoms with van der Waals surface area (Å²) in [6.45, 7) is 2.07. The second kappa shape index (κ2) is 4.45. The van der Waals surface area contributed by atoms with Gasteiger partial charge in [0.25, 0.3) is 0 Å². The van der Waals surface area contributed by atoms with Gasteiger partial charge in [-0.3, -0.25) is 0 Å². The molecule has 0 amide bonds. The van der Waals surface area contributed by atoms with Crippen molar-refractivity contribution in [2.24, 2.45) is 0 Å². The van der Waals surface area contributed by atoms with Crippen LogP contribution in [0.5, 0.6) is 0 Å². The largest absolute Gasteiger partial charge is 0.412 e. The molecule has 78 valence electrons. The quantitative estimate of drug-likeness (QED) is 0.802. The van der Waals surface area contributed by atoms with E-state index in [0.717, 1.165) is 12.8 Å². The van der Waals surface area contributed by atoms with Crippen LogP contribution in [0.2, 0.25) is 5.35 Å². The molecular formula is C11H11ClN2O. The molecule has 0 spiro atoms. The summed E-state index contributed by atoms with van der Waals surface area (Å²) in [6.07, 6.45) is 1.61. The zero-order valence-electron chi connectivity index (χ0n) is 8.40. The fourth-order valence-electron chi connectivity index (χ4n) is 1.34. The monoisotopic (exact) mass is 222 g/mol. The zero-order valence-corrected chi connectivity index (χ0v) is 9.16. The lowest BCUT2D eigenvalue weighted by Crippen LogP contribution is -1.91. The van der Waals surface area contributed by atoms with Gasteiger partial charge >= 0.3 is 5.35 Å². The Morgan fingerprint density at radius 3 is 2.47 bits per heavy atom. The van der Waals surface area contributed by atoms with Crippen molar-refractivity contribution in [1.82, 2.24) is 10.2 Å². The van der Waals surface area contributed by atoms with Gasteiger partial charge in [-0.2, -0.15) is 0 Å². The average Bonchev–Trinajstić information content (AvgIpc) is 2.64. The molecule has 15 heavy (non-hydrogen) atoms. The molecule has 1 aromatic carbocycles. The van der Waals surface area contributed by atoms with Gasteiger partial charge in [-0.05, 0) is 30.5 Å². The molecule has 0 aliphatic heterocycles. The number of hydrogen-bond donors (Lipinski definition) is 0. The summed E-state index contributed by atoms with van der Waals surface area (Å²) in [5.41, 5.74) is 2.52. The molecule has 4 heteroatoms. The second-order valence-electron chi connectivity index (χ2n) is 3.43. The van der Waals surface area contributed by atoms with Crippen molar-refractivity contribution in [2.45, 2.75) is 19.8 Å². The Balaban J connectivity index is 1.96. The van der Waals surface area contributed by atoms with Gasteiger partial charge in [0.2, 0.25) is 5.89 Å². The van der Waals surface area contributed by atoms with Crippen molar-refractivity contribution in [3.63, 3.8) is 0 Å². The van der Waals surface area contributed by atoms with Gasteiger partial charge in [-0.25, -0.2) is 0 Å². The topological polar surface area (TPSA) is 38.9 Å². The molecule has 0 fully saturated rings. The predicted molar refractivity (Wildman–Crippen MR) is 57.9 cm³/mol. The third kappa shape index (κ3) is 2.80. The summed E-state index contributed by atoms with van der Waals surface area (Å²) in [7, 11) is 0. The van der Waals surface area contributed by atoms with E-state index in [0.29, 0.717) is 5.89 Å². The van der Waals surface area contributed by atoms with Gasteiger partial charge in [-0.1, -0.05) is 34.9 Å². The van der Waals surface area contributed by atoms with Gasteiger partial charge < -0.3 is 4.42 Å². The SMILES string of the molecule is Cc1ccc(CCc2nnc(Cl)o2)cc1. The van der Waals surface area contributed by atoms with Crippen LogP contribution >= 0.6 is 11.6 Å². The lowest BCUT2D eigenvalue weighted by molar-refractivity contribution is 0.494. The van der Waals surface area contributed by atoms with Crippen LogP contribution in [-0.2, 0) is 12.8 Å². The van der Waals surface area contributed by atoms with Crippen molar-refractivity contribution >= 4 is 11.6 Å². The molecular weight excluding hydrogens is 212 g/mol. The molecule has 0 atom stereocenters. The highest BCUT2D eigenvalue weighted by molar-refractivity contribution is 6.27. The Kier molecular flexibility index (Phi) is 3.02. The van der Waals surface area contributed by atoms with E-state index in [4.69, 9.17) is 16.0 Å². The number of halogens is 1. The van der Waals surface area contributed by atoms with E-state index >= 15 is 0 Å². The third-order valence-electron chi connectivity index (χ3n) is 2.19. The summed E-state index contributed by atoms with van der Waals surface area (Å²) < 4.78 is 5.07. The van der Waals surface area contributed by atoms with Crippen LogP contribution in [0.1, 0.15) is 17.0 Å². The van der Waals surface area contributed by atoms with Gasteiger partial charge in [0.05, 0.1) is 0 Å². The Bertz CT molecular complexity index is 436. The van der Waals surface area contributed by atoms with Crippen molar-refractivity contribution < 1.29 is 4.42 Å². The smallest absolute Gasteiger partial charge is 0.312 e. The fourth-order valence-corrected chi connectivity index (χ4v) is 1.47. The van der Waals surface area contributed by atoms with Crippen LogP contribution in [0.25, 0.3) is 0 Å². The van der Waals surface area contributed by atoms with Crippen LogP contribution in [0.3, 0.4) is 0 Å². The van der Waals surface area contributed by atoms with Crippen molar-refractivity contribution in [3.05, 3.63) is 46.6 Å². The average molecular weight is 223 g/mol. The molecule has 0 unspecified atom stereocenters. The highest BCUT2D eigenvalue weighted by atomic mass is 35.5. The minimum atomic E-state index is 0.105. The first-order valence-corrected chi connectivity index (χ1v) is 5.15. The molecule has 2 rings (SSSR count). The highest BCUT2D eigenvalue weighted by Gasteiger charge is 2.03. The number of nitrogens with zero attached hydrogens (tertiary/aromatic N) is 2. The van der Waals surface area contributed by atoms with E-state index in [2.05, 4.69) is 41.4 Å². The lowest BCUT2D eigenvalue weighted by atomic mass is 10.1. The summed E-state index contributed by atoms with van der Waals surface area (Å²) in [6, 6.07) is 8.40. The van der Waals surface area contributed by atoms with E-state index in [1.54, 1.807) is 0 Å². The summed E-state index contributed by atoms with van der Waals surface area (Å²) in [4.78, 5) is 0. The maximum Gasteiger partial charge on any atom is 0.312 e. The molecule has 0 saturated heterocycles. The maximum absolute atomic E-state index is 5.52. The van der Waals surface area contributed by atoms with Crippen LogP contribution in [0, 0.1) is 6.92 Å². The first kappa shape index (κ1) is 10.2. The van der Waals surface area contributed by atoms with Gasteiger partial charge in [0.1, 0.15) is 0 Å². The van der Waals surface area contributed by atoms with Crippen LogP contribution in [0.4, 0.5) is 0 Å². The summed E-state index contributed by atoms with van der Waals surface area (Å²) in [5.74, 6) is 0.584. The minimum absolute atomic E-state index is 0.105. The third-order valence-corrected chi connectivity index (χ3v) is 2.34. The van der Waals surface area contributed by atoms with Crippen LogP contribution < -0.4 is 0 Å². The van der Waals surface area contributed by atoms with Crippen LogP contribution in [0.15, 0.2) is 28.7 Å². The number of benzene rings is 1. The molecule has 1 heterocycles. The number of aryl methyl sites for hydroxylation is 3. The molecule has 0 aliphatic carbocycles. The number of rotatable bonds is 3. The Hall–Kier alpha value is -1.35.